The molecule has 0 aromatic heterocycles. The van der Waals surface area contributed by atoms with Gasteiger partial charge in [0, 0.05) is 10.7 Å². The Morgan fingerprint density at radius 1 is 1.21 bits per heavy atom. The van der Waals surface area contributed by atoms with E-state index in [0.29, 0.717) is 34.0 Å². The second-order valence-electron chi connectivity index (χ2n) is 6.77. The third-order valence-electron chi connectivity index (χ3n) is 5.13. The molecule has 152 valence electrons. The molecule has 0 unspecified atom stereocenters. The van der Waals surface area contributed by atoms with Gasteiger partial charge in [-0.05, 0) is 48.7 Å². The van der Waals surface area contributed by atoms with Crippen LogP contribution in [0.1, 0.15) is 24.5 Å². The number of benzene rings is 2. The van der Waals surface area contributed by atoms with Crippen LogP contribution in [0.3, 0.4) is 0 Å². The zero-order valence-electron chi connectivity index (χ0n) is 16.4. The van der Waals surface area contributed by atoms with E-state index >= 15 is 0 Å². The molecule has 2 N–H and O–H groups in total. The summed E-state index contributed by atoms with van der Waals surface area (Å²) in [7, 11) is 1.55. The van der Waals surface area contributed by atoms with Gasteiger partial charge in [0.15, 0.2) is 0 Å². The van der Waals surface area contributed by atoms with Crippen LogP contribution < -0.4 is 15.4 Å². The van der Waals surface area contributed by atoms with E-state index in [2.05, 4.69) is 10.6 Å². The SMILES string of the molecule is CC[C@@]1(c2ccc(OC)cc2)NC(=O)N(CC(=O)Nc2cccc(Cl)c2C)C1=O. The fourth-order valence-electron chi connectivity index (χ4n) is 3.36. The van der Waals surface area contributed by atoms with Crippen molar-refractivity contribution in [3.8, 4) is 5.75 Å². The van der Waals surface area contributed by atoms with E-state index in [4.69, 9.17) is 16.3 Å². The molecule has 1 atom stereocenters. The summed E-state index contributed by atoms with van der Waals surface area (Å²) in [6.45, 7) is 3.19. The van der Waals surface area contributed by atoms with Crippen molar-refractivity contribution in [1.82, 2.24) is 10.2 Å². The molecule has 1 heterocycles. The number of halogens is 1. The molecule has 1 aliphatic rings. The molecule has 4 amide bonds. The maximum atomic E-state index is 13.1. The molecule has 29 heavy (non-hydrogen) atoms. The number of methoxy groups -OCH3 is 1. The number of amides is 4. The zero-order valence-corrected chi connectivity index (χ0v) is 17.2. The number of hydrogen-bond acceptors (Lipinski definition) is 4. The highest BCUT2D eigenvalue weighted by molar-refractivity contribution is 6.31. The van der Waals surface area contributed by atoms with Crippen molar-refractivity contribution in [2.24, 2.45) is 0 Å². The monoisotopic (exact) mass is 415 g/mol. The van der Waals surface area contributed by atoms with Gasteiger partial charge in [0.2, 0.25) is 5.91 Å². The highest BCUT2D eigenvalue weighted by atomic mass is 35.5. The van der Waals surface area contributed by atoms with Crippen molar-refractivity contribution in [3.05, 3.63) is 58.6 Å². The van der Waals surface area contributed by atoms with Crippen LogP contribution in [0.4, 0.5) is 10.5 Å². The summed E-state index contributed by atoms with van der Waals surface area (Å²) in [5, 5.41) is 5.98. The van der Waals surface area contributed by atoms with E-state index in [1.807, 2.05) is 0 Å². The number of hydrogen-bond donors (Lipinski definition) is 2. The normalized spacial score (nSPS) is 18.6. The average Bonchev–Trinajstić information content (AvgIpc) is 2.96. The number of urea groups is 1. The molecule has 0 spiro atoms. The van der Waals surface area contributed by atoms with Crippen molar-refractivity contribution in [1.29, 1.82) is 0 Å². The third kappa shape index (κ3) is 3.78. The summed E-state index contributed by atoms with van der Waals surface area (Å²) < 4.78 is 5.15. The minimum absolute atomic E-state index is 0.343. The third-order valence-corrected chi connectivity index (χ3v) is 5.54. The Bertz CT molecular complexity index is 961. The standard InChI is InChI=1S/C21H22ClN3O4/c1-4-21(14-8-10-15(29-3)11-9-14)19(27)25(20(28)24-21)12-18(26)23-17-7-5-6-16(22)13(17)2/h5-11H,4,12H2,1-3H3,(H,23,26)(H,24,28)/t21-/m0/s1. The fourth-order valence-corrected chi connectivity index (χ4v) is 3.54. The van der Waals surface area contributed by atoms with E-state index in [0.717, 1.165) is 4.90 Å². The van der Waals surface area contributed by atoms with Gasteiger partial charge in [-0.25, -0.2) is 4.79 Å². The van der Waals surface area contributed by atoms with Gasteiger partial charge in [0.25, 0.3) is 5.91 Å². The molecule has 1 aliphatic heterocycles. The molecule has 3 rings (SSSR count). The predicted molar refractivity (Wildman–Crippen MR) is 110 cm³/mol. The van der Waals surface area contributed by atoms with Gasteiger partial charge in [-0.3, -0.25) is 14.5 Å². The molecule has 0 radical (unpaired) electrons. The van der Waals surface area contributed by atoms with Gasteiger partial charge in [-0.2, -0.15) is 0 Å². The number of ether oxygens (including phenoxy) is 1. The number of nitrogens with zero attached hydrogens (tertiary/aromatic N) is 1. The Labute approximate surface area is 174 Å². The number of imide groups is 1. The molecular weight excluding hydrogens is 394 g/mol. The number of carbonyl (C=O) groups is 3. The Hall–Kier alpha value is -3.06. The van der Waals surface area contributed by atoms with Gasteiger partial charge in [0.05, 0.1) is 7.11 Å². The van der Waals surface area contributed by atoms with Crippen molar-refractivity contribution >= 4 is 35.1 Å². The van der Waals surface area contributed by atoms with Crippen LogP contribution >= 0.6 is 11.6 Å². The average molecular weight is 416 g/mol. The lowest BCUT2D eigenvalue weighted by Crippen LogP contribution is -2.44. The topological polar surface area (TPSA) is 87.7 Å². The van der Waals surface area contributed by atoms with Gasteiger partial charge in [0.1, 0.15) is 17.8 Å². The number of rotatable bonds is 6. The minimum Gasteiger partial charge on any atom is -0.497 e. The smallest absolute Gasteiger partial charge is 0.325 e. The number of anilines is 1. The lowest BCUT2D eigenvalue weighted by molar-refractivity contribution is -0.134. The summed E-state index contributed by atoms with van der Waals surface area (Å²) in [6, 6.07) is 11.5. The molecule has 2 aromatic carbocycles. The summed E-state index contributed by atoms with van der Waals surface area (Å²) in [5.41, 5.74) is 0.662. The lowest BCUT2D eigenvalue weighted by Gasteiger charge is -2.26. The van der Waals surface area contributed by atoms with Crippen molar-refractivity contribution in [2.45, 2.75) is 25.8 Å². The maximum Gasteiger partial charge on any atom is 0.325 e. The van der Waals surface area contributed by atoms with Crippen LogP contribution in [-0.2, 0) is 15.1 Å². The zero-order chi connectivity index (χ0) is 21.2. The molecule has 0 aliphatic carbocycles. The largest absolute Gasteiger partial charge is 0.497 e. The predicted octanol–water partition coefficient (Wildman–Crippen LogP) is 3.45. The first-order valence-corrected chi connectivity index (χ1v) is 9.53. The fraction of sp³-hybridized carbons (Fsp3) is 0.286. The van der Waals surface area contributed by atoms with Crippen LogP contribution in [0, 0.1) is 6.92 Å². The Kier molecular flexibility index (Phi) is 5.79. The molecular formula is C21H22ClN3O4. The van der Waals surface area contributed by atoms with Gasteiger partial charge in [-0.1, -0.05) is 36.7 Å². The quantitative estimate of drug-likeness (QED) is 0.707. The van der Waals surface area contributed by atoms with Crippen LogP contribution in [0.15, 0.2) is 42.5 Å². The first kappa shape index (κ1) is 20.7. The molecule has 2 aromatic rings. The minimum atomic E-state index is -1.21. The Balaban J connectivity index is 1.80. The highest BCUT2D eigenvalue weighted by Crippen LogP contribution is 2.33. The Morgan fingerprint density at radius 2 is 1.90 bits per heavy atom. The van der Waals surface area contributed by atoms with Gasteiger partial charge in [-0.15, -0.1) is 0 Å². The van der Waals surface area contributed by atoms with E-state index in [1.165, 1.54) is 0 Å². The molecule has 1 fully saturated rings. The molecule has 0 bridgehead atoms. The number of carbonyl (C=O) groups excluding carboxylic acids is 3. The molecule has 8 heteroatoms. The molecule has 7 nitrogen and oxygen atoms in total. The molecule has 1 saturated heterocycles. The van der Waals surface area contributed by atoms with E-state index in [-0.39, 0.29) is 0 Å². The second-order valence-corrected chi connectivity index (χ2v) is 7.18. The summed E-state index contributed by atoms with van der Waals surface area (Å²) in [5.74, 6) is -0.307. The summed E-state index contributed by atoms with van der Waals surface area (Å²) in [4.78, 5) is 39.1. The van der Waals surface area contributed by atoms with Crippen molar-refractivity contribution in [3.63, 3.8) is 0 Å². The first-order chi connectivity index (χ1) is 13.8. The summed E-state index contributed by atoms with van der Waals surface area (Å²) >= 11 is 6.07. The van der Waals surface area contributed by atoms with Crippen LogP contribution in [0.5, 0.6) is 5.75 Å². The van der Waals surface area contributed by atoms with Crippen molar-refractivity contribution < 1.29 is 19.1 Å². The van der Waals surface area contributed by atoms with Crippen LogP contribution in [-0.4, -0.2) is 36.4 Å². The second kappa shape index (κ2) is 8.13. The lowest BCUT2D eigenvalue weighted by atomic mass is 9.87. The van der Waals surface area contributed by atoms with Gasteiger partial charge < -0.3 is 15.4 Å². The van der Waals surface area contributed by atoms with Crippen molar-refractivity contribution in [2.75, 3.05) is 19.0 Å². The Morgan fingerprint density at radius 3 is 2.52 bits per heavy atom. The van der Waals surface area contributed by atoms with E-state index < -0.39 is 29.9 Å². The highest BCUT2D eigenvalue weighted by Gasteiger charge is 2.51. The first-order valence-electron chi connectivity index (χ1n) is 9.16. The van der Waals surface area contributed by atoms with E-state index in [9.17, 15) is 14.4 Å². The van der Waals surface area contributed by atoms with Crippen LogP contribution in [0.25, 0.3) is 0 Å². The summed E-state index contributed by atoms with van der Waals surface area (Å²) in [6.07, 6.45) is 0.343. The van der Waals surface area contributed by atoms with Crippen LogP contribution in [0.2, 0.25) is 5.02 Å². The maximum absolute atomic E-state index is 13.1. The van der Waals surface area contributed by atoms with Gasteiger partial charge >= 0.3 is 6.03 Å². The van der Waals surface area contributed by atoms with E-state index in [1.54, 1.807) is 63.4 Å². The number of nitrogens with one attached hydrogen (secondary N) is 2. The molecule has 0 saturated carbocycles.